The second-order valence-electron chi connectivity index (χ2n) is 6.21. The zero-order chi connectivity index (χ0) is 20.4. The molecule has 1 N–H and O–H groups in total. The van der Waals surface area contributed by atoms with Crippen LogP contribution in [-0.4, -0.2) is 17.5 Å². The Balaban J connectivity index is 1.67. The number of aromatic nitrogens is 1. The van der Waals surface area contributed by atoms with Crippen molar-refractivity contribution in [3.8, 4) is 16.3 Å². The van der Waals surface area contributed by atoms with Crippen LogP contribution in [0.1, 0.15) is 17.3 Å². The van der Waals surface area contributed by atoms with Crippen LogP contribution >= 0.6 is 38.9 Å². The Morgan fingerprint density at radius 3 is 2.76 bits per heavy atom. The molecule has 1 aromatic heterocycles. The van der Waals surface area contributed by atoms with E-state index in [4.69, 9.17) is 21.3 Å². The summed E-state index contributed by atoms with van der Waals surface area (Å²) in [5.41, 5.74) is 2.88. The number of carbonyl (C=O) groups is 1. The molecule has 4 aromatic rings. The molecular formula is C22H16BrClN2O2S. The largest absolute Gasteiger partial charge is 0.493 e. The van der Waals surface area contributed by atoms with Gasteiger partial charge in [-0.3, -0.25) is 4.79 Å². The van der Waals surface area contributed by atoms with Gasteiger partial charge < -0.3 is 10.1 Å². The maximum absolute atomic E-state index is 12.9. The first kappa shape index (κ1) is 19.9. The molecular weight excluding hydrogens is 472 g/mol. The van der Waals surface area contributed by atoms with Crippen LogP contribution in [0.4, 0.5) is 5.69 Å². The Morgan fingerprint density at radius 1 is 1.17 bits per heavy atom. The van der Waals surface area contributed by atoms with Crippen molar-refractivity contribution >= 4 is 60.7 Å². The second kappa shape index (κ2) is 8.53. The molecule has 146 valence electrons. The highest BCUT2D eigenvalue weighted by Gasteiger charge is 2.15. The van der Waals surface area contributed by atoms with Gasteiger partial charge in [-0.1, -0.05) is 23.7 Å². The van der Waals surface area contributed by atoms with Gasteiger partial charge in [0.1, 0.15) is 10.8 Å². The van der Waals surface area contributed by atoms with E-state index in [1.807, 2.05) is 37.3 Å². The van der Waals surface area contributed by atoms with Crippen molar-refractivity contribution in [3.05, 3.63) is 75.7 Å². The van der Waals surface area contributed by atoms with Crippen LogP contribution in [0.25, 0.3) is 20.8 Å². The summed E-state index contributed by atoms with van der Waals surface area (Å²) in [5, 5.41) is 4.37. The lowest BCUT2D eigenvalue weighted by molar-refractivity contribution is 0.102. The van der Waals surface area contributed by atoms with E-state index >= 15 is 0 Å². The summed E-state index contributed by atoms with van der Waals surface area (Å²) >= 11 is 11.2. The Kier molecular flexibility index (Phi) is 5.85. The summed E-state index contributed by atoms with van der Waals surface area (Å²) in [6.45, 7) is 2.47. The molecule has 0 aliphatic carbocycles. The number of carbonyl (C=O) groups excluding carboxylic acids is 1. The maximum Gasteiger partial charge on any atom is 0.255 e. The molecule has 0 aliphatic rings. The number of nitrogens with one attached hydrogen (secondary N) is 1. The van der Waals surface area contributed by atoms with Crippen molar-refractivity contribution in [1.29, 1.82) is 0 Å². The van der Waals surface area contributed by atoms with Gasteiger partial charge in [0.05, 0.1) is 27.0 Å². The topological polar surface area (TPSA) is 51.2 Å². The standard InChI is InChI=1S/C22H16BrClN2O2S/c1-2-28-19-10-7-13(11-16(19)23)21(27)25-17-9-8-14(24)12-15(17)22-26-18-5-3-4-6-20(18)29-22/h3-12H,2H2,1H3,(H,25,27). The quantitative estimate of drug-likeness (QED) is 0.329. The van der Waals surface area contributed by atoms with Crippen LogP contribution in [0.15, 0.2) is 65.1 Å². The number of amides is 1. The molecule has 0 saturated carbocycles. The third-order valence-electron chi connectivity index (χ3n) is 4.25. The van der Waals surface area contributed by atoms with Gasteiger partial charge in [-0.25, -0.2) is 4.98 Å². The summed E-state index contributed by atoms with van der Waals surface area (Å²) in [7, 11) is 0. The number of halogens is 2. The van der Waals surface area contributed by atoms with Crippen LogP contribution in [0.3, 0.4) is 0 Å². The lowest BCUT2D eigenvalue weighted by Gasteiger charge is -2.11. The number of hydrogen-bond acceptors (Lipinski definition) is 4. The van der Waals surface area contributed by atoms with E-state index in [0.29, 0.717) is 28.6 Å². The Morgan fingerprint density at radius 2 is 2.00 bits per heavy atom. The van der Waals surface area contributed by atoms with Crippen LogP contribution in [0, 0.1) is 0 Å². The monoisotopic (exact) mass is 486 g/mol. The molecule has 0 fully saturated rings. The van der Waals surface area contributed by atoms with Crippen molar-refractivity contribution < 1.29 is 9.53 Å². The lowest BCUT2D eigenvalue weighted by atomic mass is 10.1. The molecule has 7 heteroatoms. The van der Waals surface area contributed by atoms with E-state index in [0.717, 1.165) is 25.3 Å². The maximum atomic E-state index is 12.9. The zero-order valence-corrected chi connectivity index (χ0v) is 18.6. The summed E-state index contributed by atoms with van der Waals surface area (Å²) in [4.78, 5) is 17.5. The molecule has 0 saturated heterocycles. The van der Waals surface area contributed by atoms with E-state index in [1.54, 1.807) is 41.7 Å². The summed E-state index contributed by atoms with van der Waals surface area (Å²) < 4.78 is 7.32. The normalized spacial score (nSPS) is 10.9. The minimum atomic E-state index is -0.224. The van der Waals surface area contributed by atoms with Crippen LogP contribution in [0.5, 0.6) is 5.75 Å². The number of para-hydroxylation sites is 1. The molecule has 3 aromatic carbocycles. The predicted octanol–water partition coefficient (Wildman–Crippen LogP) is 7.03. The molecule has 0 atom stereocenters. The van der Waals surface area contributed by atoms with Gasteiger partial charge in [0.2, 0.25) is 0 Å². The van der Waals surface area contributed by atoms with E-state index in [-0.39, 0.29) is 5.91 Å². The first-order valence-corrected chi connectivity index (χ1v) is 10.9. The summed E-state index contributed by atoms with van der Waals surface area (Å²) in [6, 6.07) is 18.6. The van der Waals surface area contributed by atoms with E-state index in [9.17, 15) is 4.79 Å². The number of ether oxygens (including phenoxy) is 1. The van der Waals surface area contributed by atoms with E-state index in [1.165, 1.54) is 0 Å². The molecule has 0 aliphatic heterocycles. The van der Waals surface area contributed by atoms with Gasteiger partial charge in [0.25, 0.3) is 5.91 Å². The molecule has 0 unspecified atom stereocenters. The molecule has 0 radical (unpaired) electrons. The van der Waals surface area contributed by atoms with Crippen molar-refractivity contribution in [2.45, 2.75) is 6.92 Å². The third-order valence-corrected chi connectivity index (χ3v) is 6.17. The fourth-order valence-electron chi connectivity index (χ4n) is 2.90. The van der Waals surface area contributed by atoms with Gasteiger partial charge >= 0.3 is 0 Å². The first-order valence-electron chi connectivity index (χ1n) is 8.94. The highest BCUT2D eigenvalue weighted by Crippen LogP contribution is 2.36. The average Bonchev–Trinajstić information content (AvgIpc) is 3.15. The van der Waals surface area contributed by atoms with Gasteiger partial charge in [0.15, 0.2) is 0 Å². The van der Waals surface area contributed by atoms with Crippen molar-refractivity contribution in [3.63, 3.8) is 0 Å². The first-order chi connectivity index (χ1) is 14.0. The summed E-state index contributed by atoms with van der Waals surface area (Å²) in [5.74, 6) is 0.476. The number of hydrogen-bond donors (Lipinski definition) is 1. The molecule has 29 heavy (non-hydrogen) atoms. The molecule has 0 bridgehead atoms. The fraction of sp³-hybridized carbons (Fsp3) is 0.0909. The highest BCUT2D eigenvalue weighted by atomic mass is 79.9. The van der Waals surface area contributed by atoms with Crippen molar-refractivity contribution in [2.24, 2.45) is 0 Å². The van der Waals surface area contributed by atoms with E-state index in [2.05, 4.69) is 21.2 Å². The zero-order valence-electron chi connectivity index (χ0n) is 15.4. The van der Waals surface area contributed by atoms with Gasteiger partial charge in [-0.2, -0.15) is 0 Å². The second-order valence-corrected chi connectivity index (χ2v) is 8.53. The molecule has 1 heterocycles. The van der Waals surface area contributed by atoms with E-state index < -0.39 is 0 Å². The smallest absolute Gasteiger partial charge is 0.255 e. The Labute approximate surface area is 185 Å². The van der Waals surface area contributed by atoms with Gasteiger partial charge in [0, 0.05) is 16.1 Å². The minimum absolute atomic E-state index is 0.224. The van der Waals surface area contributed by atoms with Gasteiger partial charge in [-0.15, -0.1) is 11.3 Å². The average molecular weight is 488 g/mol. The molecule has 0 spiro atoms. The third kappa shape index (κ3) is 4.29. The number of thiazole rings is 1. The molecule has 4 rings (SSSR count). The van der Waals surface area contributed by atoms with Crippen LogP contribution in [0.2, 0.25) is 5.02 Å². The number of fused-ring (bicyclic) bond motifs is 1. The molecule has 4 nitrogen and oxygen atoms in total. The van der Waals surface area contributed by atoms with Crippen molar-refractivity contribution in [1.82, 2.24) is 4.98 Å². The van der Waals surface area contributed by atoms with Crippen LogP contribution < -0.4 is 10.1 Å². The lowest BCUT2D eigenvalue weighted by Crippen LogP contribution is -2.12. The van der Waals surface area contributed by atoms with Crippen LogP contribution in [-0.2, 0) is 0 Å². The van der Waals surface area contributed by atoms with Gasteiger partial charge in [-0.05, 0) is 71.4 Å². The highest BCUT2D eigenvalue weighted by molar-refractivity contribution is 9.10. The number of benzene rings is 3. The SMILES string of the molecule is CCOc1ccc(C(=O)Nc2ccc(Cl)cc2-c2nc3ccccc3s2)cc1Br. The molecule has 1 amide bonds. The number of anilines is 1. The fourth-order valence-corrected chi connectivity index (χ4v) is 4.56. The number of nitrogens with zero attached hydrogens (tertiary/aromatic N) is 1. The Bertz CT molecular complexity index is 1180. The Hall–Kier alpha value is -2.41. The van der Waals surface area contributed by atoms with Crippen molar-refractivity contribution in [2.75, 3.05) is 11.9 Å². The number of rotatable bonds is 5. The minimum Gasteiger partial charge on any atom is -0.493 e. The summed E-state index contributed by atoms with van der Waals surface area (Å²) in [6.07, 6.45) is 0. The predicted molar refractivity (Wildman–Crippen MR) is 123 cm³/mol.